The van der Waals surface area contributed by atoms with Crippen LogP contribution in [0, 0.1) is 0 Å². The first-order chi connectivity index (χ1) is 15.8. The van der Waals surface area contributed by atoms with Gasteiger partial charge in [-0.2, -0.15) is 0 Å². The van der Waals surface area contributed by atoms with Crippen LogP contribution >= 0.6 is 27.4 Å². The van der Waals surface area contributed by atoms with Gasteiger partial charge in [0.05, 0.1) is 37.0 Å². The van der Waals surface area contributed by atoms with E-state index >= 15 is 0 Å². The summed E-state index contributed by atoms with van der Waals surface area (Å²) in [5.41, 5.74) is 2.47. The summed E-state index contributed by atoms with van der Waals surface area (Å²) in [5.74, 6) is 0. The van der Waals surface area contributed by atoms with Crippen molar-refractivity contribution in [3.05, 3.63) is 71.3 Å². The van der Waals surface area contributed by atoms with Gasteiger partial charge < -0.3 is 18.1 Å². The van der Waals surface area contributed by atoms with Gasteiger partial charge in [-0.3, -0.25) is 9.13 Å². The van der Waals surface area contributed by atoms with E-state index < -0.39 is 20.2 Å². The summed E-state index contributed by atoms with van der Waals surface area (Å²) >= 11 is 5.88. The molecule has 3 rings (SSSR count). The second-order valence-corrected chi connectivity index (χ2v) is 12.1. The first-order valence-electron chi connectivity index (χ1n) is 10.9. The van der Waals surface area contributed by atoms with E-state index in [2.05, 4.69) is 0 Å². The lowest BCUT2D eigenvalue weighted by Crippen LogP contribution is -2.43. The minimum absolute atomic E-state index is 0.0255. The van der Waals surface area contributed by atoms with Gasteiger partial charge in [0.1, 0.15) is 0 Å². The summed E-state index contributed by atoms with van der Waals surface area (Å²) in [7, 11) is -8.64. The van der Waals surface area contributed by atoms with Crippen LogP contribution in [0.4, 0.5) is 0 Å². The molecule has 33 heavy (non-hydrogen) atoms. The number of aliphatic imine (C=N–C) groups is 1. The highest BCUT2D eigenvalue weighted by atomic mass is 32.1. The molecule has 0 radical (unpaired) electrons. The number of hydrogen-bond donors (Lipinski definition) is 0. The van der Waals surface area contributed by atoms with Crippen molar-refractivity contribution in [2.75, 3.05) is 26.4 Å². The molecule has 0 aromatic heterocycles. The Morgan fingerprint density at radius 1 is 0.727 bits per heavy atom. The Kier molecular flexibility index (Phi) is 8.57. The Hall–Kier alpha value is -1.50. The minimum Gasteiger partial charge on any atom is -0.306 e. The van der Waals surface area contributed by atoms with Gasteiger partial charge in [-0.1, -0.05) is 66.8 Å². The van der Waals surface area contributed by atoms with E-state index in [4.69, 9.17) is 35.3 Å². The Balaban J connectivity index is 2.50. The summed E-state index contributed by atoms with van der Waals surface area (Å²) in [6.45, 7) is 6.80. The summed E-state index contributed by atoms with van der Waals surface area (Å²) in [6, 6.07) is 16.7. The molecule has 0 amide bonds. The second kappa shape index (κ2) is 10.8. The van der Waals surface area contributed by atoms with Crippen LogP contribution in [0.2, 0.25) is 0 Å². The highest BCUT2D eigenvalue weighted by molar-refractivity contribution is 7.86. The lowest BCUT2D eigenvalue weighted by Gasteiger charge is -2.42. The average Bonchev–Trinajstić information content (AvgIpc) is 2.80. The number of hydrogen-bond acceptors (Lipinski definition) is 8. The van der Waals surface area contributed by atoms with Crippen molar-refractivity contribution >= 4 is 38.0 Å². The summed E-state index contributed by atoms with van der Waals surface area (Å²) in [5, 5.41) is -2.19. The van der Waals surface area contributed by atoms with Gasteiger partial charge in [-0.25, -0.2) is 4.99 Å². The van der Waals surface area contributed by atoms with Crippen LogP contribution in [0.25, 0.3) is 0 Å². The maximum Gasteiger partial charge on any atom is 0.376 e. The number of nitrogens with zero attached hydrogens (tertiary/aromatic N) is 1. The molecule has 1 aliphatic heterocycles. The number of benzene rings is 2. The van der Waals surface area contributed by atoms with E-state index in [1.54, 1.807) is 33.8 Å². The van der Waals surface area contributed by atoms with Crippen molar-refractivity contribution < 1.29 is 27.2 Å². The van der Waals surface area contributed by atoms with Crippen molar-refractivity contribution in [3.8, 4) is 0 Å². The molecule has 178 valence electrons. The number of fused-ring (bicyclic) bond motifs is 1. The number of thiocarbonyl (C=S) groups is 1. The molecule has 1 heterocycles. The molecule has 10 heteroatoms. The Labute approximate surface area is 200 Å². The van der Waals surface area contributed by atoms with Crippen LogP contribution in [0.5, 0.6) is 0 Å². The molecule has 0 unspecified atom stereocenters. The van der Waals surface area contributed by atoms with E-state index in [9.17, 15) is 9.13 Å². The monoisotopic (exact) mass is 509 g/mol. The molecule has 0 atom stereocenters. The normalized spacial score (nSPS) is 15.8. The third kappa shape index (κ3) is 4.46. The summed E-state index contributed by atoms with van der Waals surface area (Å²) in [4.78, 5) is 4.92. The first-order valence-corrected chi connectivity index (χ1v) is 14.4. The van der Waals surface area contributed by atoms with Crippen LogP contribution < -0.4 is 0 Å². The van der Waals surface area contributed by atoms with Crippen LogP contribution in [-0.4, -0.2) is 42.0 Å². The number of rotatable bonds is 11. The van der Waals surface area contributed by atoms with Crippen molar-refractivity contribution in [3.63, 3.8) is 0 Å². The standard InChI is InChI=1S/C23H29NO6P2S/c1-5-27-31(25,28-6-2)23(32(26,29-7-3)30-8-4)22(33)20-17-13-12-16-19(20)21(24-23)18-14-10-9-11-15-18/h9-17H,5-8H2,1-4H3. The maximum atomic E-state index is 14.5. The molecule has 0 aliphatic carbocycles. The first kappa shape index (κ1) is 26.1. The van der Waals surface area contributed by atoms with Crippen LogP contribution in [0.15, 0.2) is 59.6 Å². The van der Waals surface area contributed by atoms with E-state index in [0.717, 1.165) is 11.1 Å². The lowest BCUT2D eigenvalue weighted by molar-refractivity contribution is 0.189. The molecule has 0 spiro atoms. The topological polar surface area (TPSA) is 83.4 Å². The minimum atomic E-state index is -4.32. The smallest absolute Gasteiger partial charge is 0.306 e. The molecule has 2 aromatic rings. The molecule has 2 aromatic carbocycles. The molecule has 0 N–H and O–H groups in total. The molecular formula is C23H29NO6P2S. The van der Waals surface area contributed by atoms with Gasteiger partial charge in [0.2, 0.25) is 0 Å². The Morgan fingerprint density at radius 3 is 1.61 bits per heavy atom. The van der Waals surface area contributed by atoms with Gasteiger partial charge in [0, 0.05) is 16.7 Å². The zero-order valence-corrected chi connectivity index (χ0v) is 21.8. The fourth-order valence-corrected chi connectivity index (χ4v) is 9.99. The summed E-state index contributed by atoms with van der Waals surface area (Å²) < 4.78 is 51.9. The Morgan fingerprint density at radius 2 is 1.15 bits per heavy atom. The Bertz CT molecular complexity index is 1070. The van der Waals surface area contributed by atoms with Gasteiger partial charge in [-0.05, 0) is 27.7 Å². The highest BCUT2D eigenvalue weighted by Gasteiger charge is 2.70. The van der Waals surface area contributed by atoms with Gasteiger partial charge in [-0.15, -0.1) is 0 Å². The largest absolute Gasteiger partial charge is 0.376 e. The average molecular weight is 510 g/mol. The quantitative estimate of drug-likeness (QED) is 0.255. The highest BCUT2D eigenvalue weighted by Crippen LogP contribution is 2.80. The van der Waals surface area contributed by atoms with E-state index in [1.165, 1.54) is 0 Å². The van der Waals surface area contributed by atoms with Crippen LogP contribution in [0.3, 0.4) is 0 Å². The van der Waals surface area contributed by atoms with E-state index in [1.807, 2.05) is 48.5 Å². The molecule has 0 saturated heterocycles. The predicted octanol–water partition coefficient (Wildman–Crippen LogP) is 6.44. The summed E-state index contributed by atoms with van der Waals surface area (Å²) in [6.07, 6.45) is 0. The van der Waals surface area contributed by atoms with E-state index in [0.29, 0.717) is 11.3 Å². The molecule has 0 saturated carbocycles. The van der Waals surface area contributed by atoms with Gasteiger partial charge >= 0.3 is 15.2 Å². The van der Waals surface area contributed by atoms with Gasteiger partial charge in [0.25, 0.3) is 5.02 Å². The zero-order chi connectivity index (χ0) is 24.1. The second-order valence-electron chi connectivity index (χ2n) is 7.00. The fraction of sp³-hybridized carbons (Fsp3) is 0.391. The van der Waals surface area contributed by atoms with Crippen molar-refractivity contribution in [2.24, 2.45) is 4.99 Å². The molecule has 0 fully saturated rings. The van der Waals surface area contributed by atoms with Crippen molar-refractivity contribution in [2.45, 2.75) is 32.7 Å². The molecular weight excluding hydrogens is 480 g/mol. The van der Waals surface area contributed by atoms with Gasteiger partial charge in [0.15, 0.2) is 0 Å². The fourth-order valence-electron chi connectivity index (χ4n) is 3.79. The zero-order valence-electron chi connectivity index (χ0n) is 19.2. The van der Waals surface area contributed by atoms with Crippen LogP contribution in [-0.2, 0) is 27.2 Å². The van der Waals surface area contributed by atoms with Crippen LogP contribution in [0.1, 0.15) is 44.4 Å². The van der Waals surface area contributed by atoms with Crippen molar-refractivity contribution in [1.82, 2.24) is 0 Å². The van der Waals surface area contributed by atoms with Crippen molar-refractivity contribution in [1.29, 1.82) is 0 Å². The third-order valence-corrected chi connectivity index (χ3v) is 11.9. The lowest BCUT2D eigenvalue weighted by atomic mass is 9.93. The van der Waals surface area contributed by atoms with E-state index in [-0.39, 0.29) is 31.3 Å². The molecule has 1 aliphatic rings. The predicted molar refractivity (Wildman–Crippen MR) is 135 cm³/mol. The SMILES string of the molecule is CCOP(=O)(OCC)C1(P(=O)(OCC)OCC)N=C(c2ccccc2)c2ccccc2C1=S. The maximum absolute atomic E-state index is 14.5. The molecule has 0 bridgehead atoms. The molecule has 7 nitrogen and oxygen atoms in total. The third-order valence-electron chi connectivity index (χ3n) is 5.01.